The number of aliphatic hydroxyl groups is 1. The standard InChI is InChI=1S/C26H24ClF2N3O3/c1-24(28,29)23-5-2-15(9-30-23)18-10-32(14-31-18)26-11-25(12-26,13-26)8-20(34)22-7-19(33)17-6-16(27)3-4-21(17)35-22/h2-6,9-10,14,19,22,33H,7-8,11-13H2,1H3/t19-,22-,25?,26?/m0/s1. The lowest BCUT2D eigenvalue weighted by atomic mass is 9.38. The number of ether oxygens (including phenoxy) is 1. The van der Waals surface area contributed by atoms with E-state index < -0.39 is 18.1 Å². The molecule has 3 heterocycles. The zero-order chi connectivity index (χ0) is 24.6. The van der Waals surface area contributed by atoms with Crippen LogP contribution < -0.4 is 4.74 Å². The molecule has 7 rings (SSSR count). The number of Topliss-reactive ketones (excluding diaryl/α,β-unsaturated/α-hetero) is 1. The molecule has 3 fully saturated rings. The summed E-state index contributed by atoms with van der Waals surface area (Å²) in [7, 11) is 0. The Balaban J connectivity index is 1.09. The quantitative estimate of drug-likeness (QED) is 0.489. The van der Waals surface area contributed by atoms with Crippen LogP contribution in [0.5, 0.6) is 5.75 Å². The summed E-state index contributed by atoms with van der Waals surface area (Å²) in [6.45, 7) is 0.824. The van der Waals surface area contributed by atoms with Gasteiger partial charge in [0.15, 0.2) is 11.9 Å². The van der Waals surface area contributed by atoms with Crippen LogP contribution in [0.4, 0.5) is 8.78 Å². The summed E-state index contributed by atoms with van der Waals surface area (Å²) in [6, 6.07) is 8.00. The van der Waals surface area contributed by atoms with Gasteiger partial charge in [-0.05, 0) is 55.0 Å². The molecule has 1 N–H and O–H groups in total. The second-order valence-electron chi connectivity index (χ2n) is 10.4. The van der Waals surface area contributed by atoms with Crippen molar-refractivity contribution < 1.29 is 23.4 Å². The minimum absolute atomic E-state index is 0.0168. The third-order valence-corrected chi connectivity index (χ3v) is 7.93. The fourth-order valence-corrected chi connectivity index (χ4v) is 6.22. The predicted molar refractivity (Wildman–Crippen MR) is 124 cm³/mol. The summed E-state index contributed by atoms with van der Waals surface area (Å²) in [5.41, 5.74) is 1.63. The summed E-state index contributed by atoms with van der Waals surface area (Å²) < 4.78 is 34.8. The number of pyridine rings is 1. The van der Waals surface area contributed by atoms with E-state index in [-0.39, 0.29) is 28.9 Å². The molecule has 0 saturated heterocycles. The van der Waals surface area contributed by atoms with Crippen LogP contribution in [0.15, 0.2) is 49.1 Å². The molecule has 2 aromatic heterocycles. The Morgan fingerprint density at radius 3 is 2.71 bits per heavy atom. The highest BCUT2D eigenvalue weighted by atomic mass is 35.5. The molecule has 182 valence electrons. The number of alkyl halides is 2. The molecule has 0 spiro atoms. The number of rotatable bonds is 6. The molecule has 35 heavy (non-hydrogen) atoms. The molecule has 1 aliphatic heterocycles. The number of hydrogen-bond acceptors (Lipinski definition) is 5. The fourth-order valence-electron chi connectivity index (χ4n) is 6.04. The topological polar surface area (TPSA) is 77.2 Å². The number of aromatic nitrogens is 3. The molecule has 0 amide bonds. The number of carbonyl (C=O) groups excluding carboxylic acids is 1. The molecule has 2 bridgehead atoms. The van der Waals surface area contributed by atoms with Crippen molar-refractivity contribution in [2.24, 2.45) is 5.41 Å². The van der Waals surface area contributed by atoms with Gasteiger partial charge < -0.3 is 14.4 Å². The van der Waals surface area contributed by atoms with Gasteiger partial charge in [0, 0.05) is 53.8 Å². The first kappa shape index (κ1) is 22.6. The Morgan fingerprint density at radius 2 is 2.03 bits per heavy atom. The van der Waals surface area contributed by atoms with Crippen molar-refractivity contribution in [2.75, 3.05) is 0 Å². The normalized spacial score (nSPS) is 28.9. The van der Waals surface area contributed by atoms with Gasteiger partial charge in [0.05, 0.1) is 18.1 Å². The van der Waals surface area contributed by atoms with Gasteiger partial charge in [0.2, 0.25) is 0 Å². The van der Waals surface area contributed by atoms with Gasteiger partial charge in [-0.2, -0.15) is 8.78 Å². The lowest BCUT2D eigenvalue weighted by Crippen LogP contribution is -2.68. The lowest BCUT2D eigenvalue weighted by Gasteiger charge is -2.71. The molecule has 4 aliphatic rings. The Labute approximate surface area is 205 Å². The van der Waals surface area contributed by atoms with Crippen LogP contribution >= 0.6 is 11.6 Å². The molecule has 3 saturated carbocycles. The Hall–Kier alpha value is -2.84. The third kappa shape index (κ3) is 3.74. The van der Waals surface area contributed by atoms with E-state index in [1.54, 1.807) is 30.6 Å². The van der Waals surface area contributed by atoms with Crippen LogP contribution in [0.3, 0.4) is 0 Å². The molecule has 1 aromatic carbocycles. The summed E-state index contributed by atoms with van der Waals surface area (Å²) >= 11 is 6.01. The minimum Gasteiger partial charge on any atom is -0.482 e. The first-order chi connectivity index (χ1) is 16.6. The number of benzene rings is 1. The van der Waals surface area contributed by atoms with E-state index in [4.69, 9.17) is 16.3 Å². The van der Waals surface area contributed by atoms with Crippen molar-refractivity contribution in [3.8, 4) is 17.0 Å². The number of fused-ring (bicyclic) bond motifs is 1. The summed E-state index contributed by atoms with van der Waals surface area (Å²) in [5.74, 6) is -2.45. The SMILES string of the molecule is CC(F)(F)c1ccc(-c2cn(C34CC(CC(=O)[C@@H]5C[C@H](O)c6cc(Cl)ccc6O5)(C3)C4)cn2)cn1. The van der Waals surface area contributed by atoms with E-state index in [0.717, 1.165) is 26.2 Å². The number of imidazole rings is 1. The summed E-state index contributed by atoms with van der Waals surface area (Å²) in [4.78, 5) is 21.4. The maximum atomic E-state index is 13.4. The number of nitrogens with zero attached hydrogens (tertiary/aromatic N) is 3. The first-order valence-corrected chi connectivity index (χ1v) is 12.0. The Morgan fingerprint density at radius 1 is 1.26 bits per heavy atom. The van der Waals surface area contributed by atoms with Gasteiger partial charge in [-0.3, -0.25) is 9.78 Å². The van der Waals surface area contributed by atoms with Crippen molar-refractivity contribution in [1.29, 1.82) is 0 Å². The van der Waals surface area contributed by atoms with Gasteiger partial charge in [0.25, 0.3) is 5.92 Å². The zero-order valence-electron chi connectivity index (χ0n) is 19.0. The highest BCUT2D eigenvalue weighted by Crippen LogP contribution is 2.73. The van der Waals surface area contributed by atoms with Crippen molar-refractivity contribution in [2.45, 2.75) is 62.7 Å². The molecule has 0 unspecified atom stereocenters. The summed E-state index contributed by atoms with van der Waals surface area (Å²) in [6.07, 6.45) is 6.97. The number of ketones is 1. The van der Waals surface area contributed by atoms with Gasteiger partial charge >= 0.3 is 0 Å². The first-order valence-electron chi connectivity index (χ1n) is 11.6. The minimum atomic E-state index is -2.98. The average Bonchev–Trinajstić information content (AvgIpc) is 3.25. The number of aliphatic hydroxyl groups excluding tert-OH is 1. The molecule has 6 nitrogen and oxygen atoms in total. The van der Waals surface area contributed by atoms with Crippen LogP contribution in [-0.4, -0.2) is 31.5 Å². The molecule has 0 radical (unpaired) electrons. The monoisotopic (exact) mass is 499 g/mol. The van der Waals surface area contributed by atoms with Crippen LogP contribution in [0, 0.1) is 5.41 Å². The second kappa shape index (κ2) is 7.58. The molecular formula is C26H24ClF2N3O3. The van der Waals surface area contributed by atoms with Crippen LogP contribution in [0.25, 0.3) is 11.3 Å². The van der Waals surface area contributed by atoms with Gasteiger partial charge in [-0.1, -0.05) is 11.6 Å². The van der Waals surface area contributed by atoms with Crippen LogP contribution in [-0.2, 0) is 16.3 Å². The van der Waals surface area contributed by atoms with E-state index in [9.17, 15) is 18.7 Å². The predicted octanol–water partition coefficient (Wildman–Crippen LogP) is 5.43. The number of carbonyl (C=O) groups is 1. The zero-order valence-corrected chi connectivity index (χ0v) is 19.8. The van der Waals surface area contributed by atoms with Crippen molar-refractivity contribution >= 4 is 17.4 Å². The van der Waals surface area contributed by atoms with Gasteiger partial charge in [-0.25, -0.2) is 4.98 Å². The highest BCUT2D eigenvalue weighted by Gasteiger charge is 2.69. The second-order valence-corrected chi connectivity index (χ2v) is 10.9. The largest absolute Gasteiger partial charge is 0.482 e. The van der Waals surface area contributed by atoms with Gasteiger partial charge in [0.1, 0.15) is 11.4 Å². The maximum Gasteiger partial charge on any atom is 0.286 e. The summed E-state index contributed by atoms with van der Waals surface area (Å²) in [5, 5.41) is 11.0. The van der Waals surface area contributed by atoms with Crippen LogP contribution in [0.2, 0.25) is 5.02 Å². The van der Waals surface area contributed by atoms with Crippen molar-refractivity contribution in [1.82, 2.24) is 14.5 Å². The fraction of sp³-hybridized carbons (Fsp3) is 0.423. The maximum absolute atomic E-state index is 13.4. The van der Waals surface area contributed by atoms with Crippen molar-refractivity contribution in [3.63, 3.8) is 0 Å². The highest BCUT2D eigenvalue weighted by molar-refractivity contribution is 6.30. The van der Waals surface area contributed by atoms with E-state index in [1.165, 1.54) is 12.3 Å². The molecule has 3 aromatic rings. The molecule has 9 heteroatoms. The number of halogens is 3. The van der Waals surface area contributed by atoms with Crippen LogP contribution in [0.1, 0.15) is 56.4 Å². The molecule has 3 aliphatic carbocycles. The van der Waals surface area contributed by atoms with E-state index in [2.05, 4.69) is 14.5 Å². The third-order valence-electron chi connectivity index (χ3n) is 7.70. The van der Waals surface area contributed by atoms with E-state index in [0.29, 0.717) is 34.0 Å². The smallest absolute Gasteiger partial charge is 0.286 e. The molecular weight excluding hydrogens is 476 g/mol. The lowest BCUT2D eigenvalue weighted by molar-refractivity contribution is -0.195. The van der Waals surface area contributed by atoms with Crippen molar-refractivity contribution in [3.05, 3.63) is 65.3 Å². The Bertz CT molecular complexity index is 1300. The molecule has 2 atom stereocenters. The van der Waals surface area contributed by atoms with E-state index in [1.807, 2.05) is 6.20 Å². The average molecular weight is 500 g/mol. The number of hydrogen-bond donors (Lipinski definition) is 1. The van der Waals surface area contributed by atoms with Gasteiger partial charge in [-0.15, -0.1) is 0 Å². The van der Waals surface area contributed by atoms with E-state index >= 15 is 0 Å². The Kier molecular flexibility index (Phi) is 4.90.